The third-order valence-corrected chi connectivity index (χ3v) is 2.98. The van der Waals surface area contributed by atoms with Crippen molar-refractivity contribution in [2.75, 3.05) is 11.9 Å². The van der Waals surface area contributed by atoms with Gasteiger partial charge in [0.15, 0.2) is 6.61 Å². The summed E-state index contributed by atoms with van der Waals surface area (Å²) in [5, 5.41) is 3.67. The Bertz CT molecular complexity index is 592. The molecule has 0 saturated heterocycles. The van der Waals surface area contributed by atoms with Gasteiger partial charge in [-0.1, -0.05) is 40.9 Å². The first-order valence-corrected chi connectivity index (χ1v) is 6.74. The zero-order valence-corrected chi connectivity index (χ0v) is 12.3. The SMILES string of the molecule is Cc1ccc(NC(=O)COc2cc(Cl)cc(Cl)c2)cc1. The highest BCUT2D eigenvalue weighted by Gasteiger charge is 2.05. The van der Waals surface area contributed by atoms with E-state index in [1.807, 2.05) is 31.2 Å². The van der Waals surface area contributed by atoms with Gasteiger partial charge in [0.1, 0.15) is 5.75 Å². The van der Waals surface area contributed by atoms with Gasteiger partial charge in [-0.2, -0.15) is 0 Å². The Labute approximate surface area is 127 Å². The van der Waals surface area contributed by atoms with Gasteiger partial charge in [-0.3, -0.25) is 4.79 Å². The standard InChI is InChI=1S/C15H13Cl2NO2/c1-10-2-4-13(5-3-10)18-15(19)9-20-14-7-11(16)6-12(17)8-14/h2-8H,9H2,1H3,(H,18,19). The molecule has 3 nitrogen and oxygen atoms in total. The van der Waals surface area contributed by atoms with Crippen molar-refractivity contribution in [3.05, 3.63) is 58.1 Å². The predicted molar refractivity (Wildman–Crippen MR) is 81.8 cm³/mol. The van der Waals surface area contributed by atoms with Crippen molar-refractivity contribution in [1.82, 2.24) is 0 Å². The lowest BCUT2D eigenvalue weighted by atomic mass is 10.2. The zero-order chi connectivity index (χ0) is 14.5. The lowest BCUT2D eigenvalue weighted by Gasteiger charge is -2.08. The summed E-state index contributed by atoms with van der Waals surface area (Å²) in [6.45, 7) is 1.88. The van der Waals surface area contributed by atoms with Crippen LogP contribution in [0.5, 0.6) is 5.75 Å². The maximum absolute atomic E-state index is 11.7. The molecule has 0 unspecified atom stereocenters. The number of anilines is 1. The third kappa shape index (κ3) is 4.44. The minimum atomic E-state index is -0.245. The summed E-state index contributed by atoms with van der Waals surface area (Å²) >= 11 is 11.7. The van der Waals surface area contributed by atoms with E-state index in [1.165, 1.54) is 0 Å². The van der Waals surface area contributed by atoms with Crippen LogP contribution in [0.1, 0.15) is 5.56 Å². The topological polar surface area (TPSA) is 38.3 Å². The van der Waals surface area contributed by atoms with Gasteiger partial charge in [-0.15, -0.1) is 0 Å². The smallest absolute Gasteiger partial charge is 0.262 e. The number of halogens is 2. The van der Waals surface area contributed by atoms with Crippen molar-refractivity contribution >= 4 is 34.8 Å². The van der Waals surface area contributed by atoms with E-state index in [2.05, 4.69) is 5.32 Å². The van der Waals surface area contributed by atoms with Gasteiger partial charge in [0.05, 0.1) is 0 Å². The minimum Gasteiger partial charge on any atom is -0.484 e. The van der Waals surface area contributed by atoms with Gasteiger partial charge in [0.25, 0.3) is 5.91 Å². The molecule has 20 heavy (non-hydrogen) atoms. The summed E-state index contributed by atoms with van der Waals surface area (Å²) in [4.78, 5) is 11.7. The first-order chi connectivity index (χ1) is 9.52. The van der Waals surface area contributed by atoms with Gasteiger partial charge >= 0.3 is 0 Å². The lowest BCUT2D eigenvalue weighted by Crippen LogP contribution is -2.20. The zero-order valence-electron chi connectivity index (χ0n) is 10.8. The Balaban J connectivity index is 1.90. The fourth-order valence-corrected chi connectivity index (χ4v) is 2.10. The molecule has 0 aliphatic heterocycles. The Morgan fingerprint density at radius 3 is 2.30 bits per heavy atom. The van der Waals surface area contributed by atoms with Crippen LogP contribution in [0.2, 0.25) is 10.0 Å². The number of rotatable bonds is 4. The van der Waals surface area contributed by atoms with E-state index < -0.39 is 0 Å². The Morgan fingerprint density at radius 2 is 1.70 bits per heavy atom. The second kappa shape index (κ2) is 6.64. The number of ether oxygens (including phenoxy) is 1. The molecule has 2 aromatic carbocycles. The largest absolute Gasteiger partial charge is 0.484 e. The molecule has 5 heteroatoms. The van der Waals surface area contributed by atoms with Gasteiger partial charge in [0, 0.05) is 15.7 Å². The van der Waals surface area contributed by atoms with Crippen LogP contribution in [-0.4, -0.2) is 12.5 Å². The summed E-state index contributed by atoms with van der Waals surface area (Å²) in [7, 11) is 0. The van der Waals surface area contributed by atoms with E-state index in [1.54, 1.807) is 18.2 Å². The van der Waals surface area contributed by atoms with Crippen molar-refractivity contribution in [2.45, 2.75) is 6.92 Å². The highest BCUT2D eigenvalue weighted by Crippen LogP contribution is 2.24. The molecule has 0 fully saturated rings. The van der Waals surface area contributed by atoms with Crippen molar-refractivity contribution < 1.29 is 9.53 Å². The van der Waals surface area contributed by atoms with E-state index in [0.717, 1.165) is 11.3 Å². The second-order valence-corrected chi connectivity index (χ2v) is 5.18. The summed E-state index contributed by atoms with van der Waals surface area (Å²) in [5.41, 5.74) is 1.86. The molecule has 2 aromatic rings. The molecule has 1 N–H and O–H groups in total. The third-order valence-electron chi connectivity index (χ3n) is 2.54. The molecule has 0 aliphatic rings. The van der Waals surface area contributed by atoms with E-state index in [4.69, 9.17) is 27.9 Å². The summed E-state index contributed by atoms with van der Waals surface area (Å²) in [6.07, 6.45) is 0. The fourth-order valence-electron chi connectivity index (χ4n) is 1.59. The van der Waals surface area contributed by atoms with Crippen LogP contribution in [-0.2, 0) is 4.79 Å². The number of amides is 1. The highest BCUT2D eigenvalue weighted by molar-refractivity contribution is 6.34. The molecular weight excluding hydrogens is 297 g/mol. The lowest BCUT2D eigenvalue weighted by molar-refractivity contribution is -0.118. The van der Waals surface area contributed by atoms with E-state index >= 15 is 0 Å². The normalized spacial score (nSPS) is 10.2. The van der Waals surface area contributed by atoms with Crippen LogP contribution in [0.15, 0.2) is 42.5 Å². The Morgan fingerprint density at radius 1 is 1.10 bits per heavy atom. The van der Waals surface area contributed by atoms with E-state index in [0.29, 0.717) is 15.8 Å². The van der Waals surface area contributed by atoms with Gasteiger partial charge in [-0.25, -0.2) is 0 Å². The summed E-state index contributed by atoms with van der Waals surface area (Å²) < 4.78 is 5.34. The summed E-state index contributed by atoms with van der Waals surface area (Å²) in [6, 6.07) is 12.3. The van der Waals surface area contributed by atoms with Crippen molar-refractivity contribution in [3.8, 4) is 5.75 Å². The monoisotopic (exact) mass is 309 g/mol. The Kier molecular flexibility index (Phi) is 4.88. The molecule has 0 bridgehead atoms. The molecule has 2 rings (SSSR count). The highest BCUT2D eigenvalue weighted by atomic mass is 35.5. The van der Waals surface area contributed by atoms with Gasteiger partial charge < -0.3 is 10.1 Å². The fraction of sp³-hybridized carbons (Fsp3) is 0.133. The molecule has 0 radical (unpaired) electrons. The molecule has 104 valence electrons. The first kappa shape index (κ1) is 14.7. The quantitative estimate of drug-likeness (QED) is 0.913. The van der Waals surface area contributed by atoms with Gasteiger partial charge in [0.2, 0.25) is 0 Å². The maximum Gasteiger partial charge on any atom is 0.262 e. The van der Waals surface area contributed by atoms with Crippen LogP contribution < -0.4 is 10.1 Å². The number of hydrogen-bond acceptors (Lipinski definition) is 2. The maximum atomic E-state index is 11.7. The second-order valence-electron chi connectivity index (χ2n) is 4.31. The van der Waals surface area contributed by atoms with Crippen molar-refractivity contribution in [1.29, 1.82) is 0 Å². The average Bonchev–Trinajstić information content (AvgIpc) is 2.38. The average molecular weight is 310 g/mol. The summed E-state index contributed by atoms with van der Waals surface area (Å²) in [5.74, 6) is 0.214. The number of carbonyl (C=O) groups excluding carboxylic acids is 1. The molecule has 0 saturated carbocycles. The molecule has 0 aliphatic carbocycles. The number of aryl methyl sites for hydroxylation is 1. The number of carbonyl (C=O) groups is 1. The molecule has 1 amide bonds. The number of hydrogen-bond donors (Lipinski definition) is 1. The molecule has 0 heterocycles. The first-order valence-electron chi connectivity index (χ1n) is 5.98. The number of nitrogens with one attached hydrogen (secondary N) is 1. The van der Waals surface area contributed by atoms with Crippen LogP contribution in [0, 0.1) is 6.92 Å². The van der Waals surface area contributed by atoms with E-state index in [-0.39, 0.29) is 12.5 Å². The van der Waals surface area contributed by atoms with Gasteiger partial charge in [-0.05, 0) is 37.3 Å². The van der Waals surface area contributed by atoms with Crippen LogP contribution in [0.25, 0.3) is 0 Å². The Hall–Kier alpha value is -1.71. The van der Waals surface area contributed by atoms with Crippen molar-refractivity contribution in [3.63, 3.8) is 0 Å². The van der Waals surface area contributed by atoms with Crippen LogP contribution >= 0.6 is 23.2 Å². The molecule has 0 atom stereocenters. The minimum absolute atomic E-state index is 0.107. The molecule has 0 aromatic heterocycles. The number of benzene rings is 2. The van der Waals surface area contributed by atoms with Crippen LogP contribution in [0.3, 0.4) is 0 Å². The van der Waals surface area contributed by atoms with Crippen LogP contribution in [0.4, 0.5) is 5.69 Å². The molecular formula is C15H13Cl2NO2. The van der Waals surface area contributed by atoms with Crippen molar-refractivity contribution in [2.24, 2.45) is 0 Å². The predicted octanol–water partition coefficient (Wildman–Crippen LogP) is 4.32. The van der Waals surface area contributed by atoms with E-state index in [9.17, 15) is 4.79 Å². The molecule has 0 spiro atoms.